The van der Waals surface area contributed by atoms with Crippen molar-refractivity contribution in [2.45, 2.75) is 19.3 Å². The van der Waals surface area contributed by atoms with Crippen molar-refractivity contribution >= 4 is 0 Å². The lowest BCUT2D eigenvalue weighted by Gasteiger charge is -2.23. The van der Waals surface area contributed by atoms with Crippen LogP contribution in [0, 0.1) is 0 Å². The monoisotopic (exact) mass is 232 g/mol. The van der Waals surface area contributed by atoms with Gasteiger partial charge in [-0.15, -0.1) is 0 Å². The van der Waals surface area contributed by atoms with E-state index in [4.69, 9.17) is 5.73 Å². The van der Waals surface area contributed by atoms with Gasteiger partial charge in [-0.25, -0.2) is 14.5 Å². The highest BCUT2D eigenvalue weighted by atomic mass is 16.1. The van der Waals surface area contributed by atoms with Crippen LogP contribution in [0.1, 0.15) is 19.4 Å². The van der Waals surface area contributed by atoms with Gasteiger partial charge < -0.3 is 5.73 Å². The number of H-pyrrole nitrogens is 1. The Morgan fingerprint density at radius 1 is 1.35 bits per heavy atom. The Bertz CT molecular complexity index is 550. The third-order valence-corrected chi connectivity index (χ3v) is 2.99. The summed E-state index contributed by atoms with van der Waals surface area (Å²) < 4.78 is 1.46. The minimum absolute atomic E-state index is 0.0557. The second-order valence-corrected chi connectivity index (χ2v) is 4.67. The zero-order valence-electron chi connectivity index (χ0n) is 9.97. The highest BCUT2D eigenvalue weighted by molar-refractivity contribution is 5.36. The second-order valence-electron chi connectivity index (χ2n) is 4.67. The third-order valence-electron chi connectivity index (χ3n) is 2.99. The quantitative estimate of drug-likeness (QED) is 0.821. The van der Waals surface area contributed by atoms with Crippen molar-refractivity contribution in [1.82, 2.24) is 14.8 Å². The number of hydrogen-bond donors (Lipinski definition) is 2. The number of aromatic nitrogens is 3. The van der Waals surface area contributed by atoms with Gasteiger partial charge in [0.15, 0.2) is 0 Å². The summed E-state index contributed by atoms with van der Waals surface area (Å²) in [5, 5.41) is 6.05. The number of benzene rings is 1. The van der Waals surface area contributed by atoms with Crippen molar-refractivity contribution in [1.29, 1.82) is 0 Å². The molecule has 0 unspecified atom stereocenters. The number of nitrogens with two attached hydrogens (primary N) is 1. The van der Waals surface area contributed by atoms with Crippen LogP contribution >= 0.6 is 0 Å². The van der Waals surface area contributed by atoms with Gasteiger partial charge in [0.05, 0.1) is 5.69 Å². The Balaban J connectivity index is 2.37. The first-order chi connectivity index (χ1) is 8.04. The van der Waals surface area contributed by atoms with Crippen LogP contribution < -0.4 is 11.4 Å². The summed E-state index contributed by atoms with van der Waals surface area (Å²) in [4.78, 5) is 11.4. The average molecular weight is 232 g/mol. The molecule has 0 fully saturated rings. The number of nitrogens with zero attached hydrogens (tertiary/aromatic N) is 2. The summed E-state index contributed by atoms with van der Waals surface area (Å²) in [5.41, 5.74) is 7.37. The molecule has 0 saturated heterocycles. The Morgan fingerprint density at radius 3 is 2.47 bits per heavy atom. The summed E-state index contributed by atoms with van der Waals surface area (Å²) in [7, 11) is 0. The van der Waals surface area contributed by atoms with Crippen molar-refractivity contribution in [2.75, 3.05) is 6.54 Å². The maximum absolute atomic E-state index is 11.4. The van der Waals surface area contributed by atoms with E-state index in [1.165, 1.54) is 10.9 Å². The molecule has 0 atom stereocenters. The summed E-state index contributed by atoms with van der Waals surface area (Å²) in [6, 6.07) is 7.76. The summed E-state index contributed by atoms with van der Waals surface area (Å²) in [6.45, 7) is 4.76. The van der Waals surface area contributed by atoms with Crippen molar-refractivity contribution < 1.29 is 0 Å². The molecule has 2 aromatic rings. The topological polar surface area (TPSA) is 76.7 Å². The second kappa shape index (κ2) is 4.18. The van der Waals surface area contributed by atoms with Crippen LogP contribution in [0.25, 0.3) is 5.69 Å². The van der Waals surface area contributed by atoms with E-state index in [0.29, 0.717) is 6.54 Å². The molecule has 0 saturated carbocycles. The molecule has 90 valence electrons. The molecule has 3 N–H and O–H groups in total. The number of aromatic amines is 1. The van der Waals surface area contributed by atoms with Gasteiger partial charge in [-0.1, -0.05) is 26.0 Å². The summed E-state index contributed by atoms with van der Waals surface area (Å²) in [6.07, 6.45) is 1.46. The predicted octanol–water partition coefficient (Wildman–Crippen LogP) is 0.797. The van der Waals surface area contributed by atoms with Gasteiger partial charge in [0.2, 0.25) is 0 Å². The molecule has 0 radical (unpaired) electrons. The molecule has 0 aliphatic carbocycles. The zero-order chi connectivity index (χ0) is 12.5. The number of hydrogen-bond acceptors (Lipinski definition) is 3. The fourth-order valence-corrected chi connectivity index (χ4v) is 1.62. The Labute approximate surface area is 99.3 Å². The third kappa shape index (κ3) is 2.14. The van der Waals surface area contributed by atoms with E-state index < -0.39 is 0 Å². The highest BCUT2D eigenvalue weighted by Gasteiger charge is 2.18. The Kier molecular flexibility index (Phi) is 2.85. The fraction of sp³-hybridized carbons (Fsp3) is 0.333. The lowest BCUT2D eigenvalue weighted by molar-refractivity contribution is 0.539. The lowest BCUT2D eigenvalue weighted by atomic mass is 9.85. The normalized spacial score (nSPS) is 11.7. The van der Waals surface area contributed by atoms with Crippen LogP contribution in [0.15, 0.2) is 35.4 Å². The molecule has 0 spiro atoms. The smallest absolute Gasteiger partial charge is 0.330 e. The van der Waals surface area contributed by atoms with Crippen LogP contribution in [0.5, 0.6) is 0 Å². The first-order valence-corrected chi connectivity index (χ1v) is 5.47. The van der Waals surface area contributed by atoms with E-state index in [0.717, 1.165) is 11.3 Å². The van der Waals surface area contributed by atoms with Gasteiger partial charge >= 0.3 is 5.69 Å². The molecule has 0 amide bonds. The molecule has 1 aromatic carbocycles. The Morgan fingerprint density at radius 2 is 2.00 bits per heavy atom. The standard InChI is InChI=1S/C12H16N4O/c1-12(2,7-13)9-3-5-10(6-4-9)16-8-14-15-11(16)17/h3-6,8H,7,13H2,1-2H3,(H,15,17). The summed E-state index contributed by atoms with van der Waals surface area (Å²) >= 11 is 0. The maximum atomic E-state index is 11.4. The average Bonchev–Trinajstić information content (AvgIpc) is 2.76. The van der Waals surface area contributed by atoms with Gasteiger partial charge in [-0.05, 0) is 17.7 Å². The first-order valence-electron chi connectivity index (χ1n) is 5.47. The zero-order valence-corrected chi connectivity index (χ0v) is 9.97. The van der Waals surface area contributed by atoms with Crippen LogP contribution in [0.4, 0.5) is 0 Å². The number of nitrogens with one attached hydrogen (secondary N) is 1. The van der Waals surface area contributed by atoms with E-state index in [1.54, 1.807) is 0 Å². The molecule has 1 aromatic heterocycles. The van der Waals surface area contributed by atoms with Crippen LogP contribution in [0.3, 0.4) is 0 Å². The Hall–Kier alpha value is -1.88. The molecule has 0 bridgehead atoms. The van der Waals surface area contributed by atoms with Crippen molar-refractivity contribution in [3.63, 3.8) is 0 Å². The largest absolute Gasteiger partial charge is 0.347 e. The van der Waals surface area contributed by atoms with Crippen LogP contribution in [-0.2, 0) is 5.41 Å². The van der Waals surface area contributed by atoms with E-state index in [2.05, 4.69) is 24.0 Å². The minimum atomic E-state index is -0.240. The molecule has 17 heavy (non-hydrogen) atoms. The van der Waals surface area contributed by atoms with E-state index in [1.807, 2.05) is 24.3 Å². The SMILES string of the molecule is CC(C)(CN)c1ccc(-n2cn[nH]c2=O)cc1. The van der Waals surface area contributed by atoms with Gasteiger partial charge in [0.1, 0.15) is 6.33 Å². The molecule has 5 nitrogen and oxygen atoms in total. The van der Waals surface area contributed by atoms with E-state index in [-0.39, 0.29) is 11.1 Å². The van der Waals surface area contributed by atoms with Crippen LogP contribution in [-0.4, -0.2) is 21.3 Å². The minimum Gasteiger partial charge on any atom is -0.330 e. The number of rotatable bonds is 3. The van der Waals surface area contributed by atoms with Gasteiger partial charge in [0, 0.05) is 12.0 Å². The molecule has 0 aliphatic rings. The maximum Gasteiger partial charge on any atom is 0.347 e. The van der Waals surface area contributed by atoms with Crippen molar-refractivity contribution in [3.8, 4) is 5.69 Å². The van der Waals surface area contributed by atoms with Crippen LogP contribution in [0.2, 0.25) is 0 Å². The highest BCUT2D eigenvalue weighted by Crippen LogP contribution is 2.22. The molecular weight excluding hydrogens is 216 g/mol. The summed E-state index contributed by atoms with van der Waals surface area (Å²) in [5.74, 6) is 0. The van der Waals surface area contributed by atoms with Gasteiger partial charge in [-0.3, -0.25) is 0 Å². The first kappa shape index (κ1) is 11.6. The van der Waals surface area contributed by atoms with Gasteiger partial charge in [-0.2, -0.15) is 5.10 Å². The van der Waals surface area contributed by atoms with Gasteiger partial charge in [0.25, 0.3) is 0 Å². The van der Waals surface area contributed by atoms with Crippen molar-refractivity contribution in [2.24, 2.45) is 5.73 Å². The van der Waals surface area contributed by atoms with E-state index in [9.17, 15) is 4.79 Å². The van der Waals surface area contributed by atoms with Crippen molar-refractivity contribution in [3.05, 3.63) is 46.6 Å². The fourth-order valence-electron chi connectivity index (χ4n) is 1.62. The van der Waals surface area contributed by atoms with E-state index >= 15 is 0 Å². The molecule has 5 heteroatoms. The molecule has 0 aliphatic heterocycles. The molecule has 1 heterocycles. The predicted molar refractivity (Wildman–Crippen MR) is 66.3 cm³/mol. The molecular formula is C12H16N4O. The lowest BCUT2D eigenvalue weighted by Crippen LogP contribution is -2.28. The molecule has 2 rings (SSSR count).